The van der Waals surface area contributed by atoms with Crippen molar-refractivity contribution >= 4 is 11.6 Å². The molecule has 1 fully saturated rings. The first kappa shape index (κ1) is 11.8. The van der Waals surface area contributed by atoms with Crippen molar-refractivity contribution in [2.45, 2.75) is 37.3 Å². The van der Waals surface area contributed by atoms with E-state index in [4.69, 9.17) is 17.3 Å². The van der Waals surface area contributed by atoms with Crippen molar-refractivity contribution < 1.29 is 9.50 Å². The zero-order valence-corrected chi connectivity index (χ0v) is 9.67. The van der Waals surface area contributed by atoms with Crippen molar-refractivity contribution in [3.05, 3.63) is 34.6 Å². The van der Waals surface area contributed by atoms with Crippen molar-refractivity contribution in [2.24, 2.45) is 5.73 Å². The predicted molar refractivity (Wildman–Crippen MR) is 61.8 cm³/mol. The molecular formula is C12H15ClFNO. The zero-order valence-electron chi connectivity index (χ0n) is 8.92. The minimum atomic E-state index is -0.599. The van der Waals surface area contributed by atoms with E-state index in [1.54, 1.807) is 0 Å². The van der Waals surface area contributed by atoms with E-state index in [0.717, 1.165) is 0 Å². The Hall–Kier alpha value is -0.640. The Morgan fingerprint density at radius 1 is 1.38 bits per heavy atom. The average molecular weight is 244 g/mol. The van der Waals surface area contributed by atoms with Gasteiger partial charge in [0.2, 0.25) is 0 Å². The third-order valence-electron chi connectivity index (χ3n) is 3.31. The van der Waals surface area contributed by atoms with Crippen molar-refractivity contribution in [1.82, 2.24) is 0 Å². The van der Waals surface area contributed by atoms with E-state index in [-0.39, 0.29) is 11.9 Å². The molecule has 1 aromatic rings. The highest BCUT2D eigenvalue weighted by atomic mass is 35.5. The molecular weight excluding hydrogens is 229 g/mol. The van der Waals surface area contributed by atoms with E-state index in [0.29, 0.717) is 36.3 Å². The van der Waals surface area contributed by atoms with Gasteiger partial charge in [-0.3, -0.25) is 0 Å². The summed E-state index contributed by atoms with van der Waals surface area (Å²) >= 11 is 6.05. The van der Waals surface area contributed by atoms with Crippen LogP contribution in [0.5, 0.6) is 0 Å². The van der Waals surface area contributed by atoms with Gasteiger partial charge in [-0.05, 0) is 49.4 Å². The fourth-order valence-electron chi connectivity index (χ4n) is 2.27. The standard InChI is InChI=1S/C12H15ClFNO/c13-11-2-1-8(14)7-10(11)12(15)5-3-9(16)4-6-12/h1-2,7,9,16H,3-6,15H2. The molecule has 0 heterocycles. The smallest absolute Gasteiger partial charge is 0.123 e. The van der Waals surface area contributed by atoms with Gasteiger partial charge in [0.1, 0.15) is 5.82 Å². The van der Waals surface area contributed by atoms with E-state index in [1.807, 2.05) is 0 Å². The van der Waals surface area contributed by atoms with Gasteiger partial charge in [-0.25, -0.2) is 4.39 Å². The van der Waals surface area contributed by atoms with E-state index < -0.39 is 5.54 Å². The average Bonchev–Trinajstić information content (AvgIpc) is 2.26. The Balaban J connectivity index is 2.32. The summed E-state index contributed by atoms with van der Waals surface area (Å²) in [6.07, 6.45) is 2.27. The molecule has 0 amide bonds. The molecule has 0 atom stereocenters. The number of aliphatic hydroxyl groups excluding tert-OH is 1. The second-order valence-electron chi connectivity index (χ2n) is 4.51. The fraction of sp³-hybridized carbons (Fsp3) is 0.500. The molecule has 0 bridgehead atoms. The summed E-state index contributed by atoms with van der Waals surface area (Å²) in [5.74, 6) is -0.324. The van der Waals surface area contributed by atoms with E-state index in [9.17, 15) is 9.50 Å². The predicted octanol–water partition coefficient (Wildman–Crippen LogP) is 2.57. The molecule has 0 saturated heterocycles. The first-order valence-electron chi connectivity index (χ1n) is 5.44. The lowest BCUT2D eigenvalue weighted by molar-refractivity contribution is 0.0968. The number of halogens is 2. The topological polar surface area (TPSA) is 46.2 Å². The van der Waals surface area contributed by atoms with Gasteiger partial charge in [0.25, 0.3) is 0 Å². The second kappa shape index (κ2) is 4.32. The molecule has 3 N–H and O–H groups in total. The van der Waals surface area contributed by atoms with Crippen LogP contribution in [0.2, 0.25) is 5.02 Å². The zero-order chi connectivity index (χ0) is 11.8. The highest BCUT2D eigenvalue weighted by Crippen LogP contribution is 2.38. The largest absolute Gasteiger partial charge is 0.393 e. The first-order chi connectivity index (χ1) is 7.51. The van der Waals surface area contributed by atoms with Crippen LogP contribution in [0.25, 0.3) is 0 Å². The van der Waals surface area contributed by atoms with Gasteiger partial charge in [-0.1, -0.05) is 11.6 Å². The highest BCUT2D eigenvalue weighted by molar-refractivity contribution is 6.31. The van der Waals surface area contributed by atoms with E-state index in [2.05, 4.69) is 0 Å². The molecule has 1 aliphatic rings. The van der Waals surface area contributed by atoms with Gasteiger partial charge in [0.05, 0.1) is 6.10 Å². The normalized spacial score (nSPS) is 30.4. The maximum atomic E-state index is 13.2. The minimum absolute atomic E-state index is 0.288. The summed E-state index contributed by atoms with van der Waals surface area (Å²) in [4.78, 5) is 0. The highest BCUT2D eigenvalue weighted by Gasteiger charge is 2.34. The van der Waals surface area contributed by atoms with Crippen molar-refractivity contribution in [1.29, 1.82) is 0 Å². The minimum Gasteiger partial charge on any atom is -0.393 e. The molecule has 88 valence electrons. The SMILES string of the molecule is NC1(c2cc(F)ccc2Cl)CCC(O)CC1. The summed E-state index contributed by atoms with van der Waals surface area (Å²) < 4.78 is 13.2. The fourth-order valence-corrected chi connectivity index (χ4v) is 2.57. The number of rotatable bonds is 1. The van der Waals surface area contributed by atoms with Crippen molar-refractivity contribution in [3.63, 3.8) is 0 Å². The van der Waals surface area contributed by atoms with Gasteiger partial charge in [-0.2, -0.15) is 0 Å². The van der Waals surface area contributed by atoms with Gasteiger partial charge in [-0.15, -0.1) is 0 Å². The molecule has 2 rings (SSSR count). The summed E-state index contributed by atoms with van der Waals surface area (Å²) in [6.45, 7) is 0. The third-order valence-corrected chi connectivity index (χ3v) is 3.64. The van der Waals surface area contributed by atoms with Crippen molar-refractivity contribution in [2.75, 3.05) is 0 Å². The van der Waals surface area contributed by atoms with Crippen LogP contribution in [0.3, 0.4) is 0 Å². The molecule has 4 heteroatoms. The second-order valence-corrected chi connectivity index (χ2v) is 4.92. The first-order valence-corrected chi connectivity index (χ1v) is 5.81. The summed E-state index contributed by atoms with van der Waals surface area (Å²) in [7, 11) is 0. The number of benzene rings is 1. The van der Waals surface area contributed by atoms with Crippen LogP contribution in [0, 0.1) is 5.82 Å². The van der Waals surface area contributed by atoms with E-state index >= 15 is 0 Å². The monoisotopic (exact) mass is 243 g/mol. The Bertz CT molecular complexity index is 389. The molecule has 0 aliphatic heterocycles. The van der Waals surface area contributed by atoms with Gasteiger partial charge < -0.3 is 10.8 Å². The summed E-state index contributed by atoms with van der Waals surface area (Å²) in [5, 5.41) is 9.95. The lowest BCUT2D eigenvalue weighted by Crippen LogP contribution is -2.41. The van der Waals surface area contributed by atoms with Crippen LogP contribution in [-0.2, 0) is 5.54 Å². The Morgan fingerprint density at radius 3 is 2.62 bits per heavy atom. The van der Waals surface area contributed by atoms with Gasteiger partial charge in [0, 0.05) is 10.6 Å². The van der Waals surface area contributed by atoms with Gasteiger partial charge >= 0.3 is 0 Å². The molecule has 0 aromatic heterocycles. The summed E-state index contributed by atoms with van der Waals surface area (Å²) in [5.41, 5.74) is 6.31. The van der Waals surface area contributed by atoms with E-state index in [1.165, 1.54) is 18.2 Å². The molecule has 1 aromatic carbocycles. The molecule has 0 unspecified atom stereocenters. The molecule has 0 spiro atoms. The van der Waals surface area contributed by atoms with Gasteiger partial charge in [0.15, 0.2) is 0 Å². The maximum absolute atomic E-state index is 13.2. The van der Waals surface area contributed by atoms with Crippen molar-refractivity contribution in [3.8, 4) is 0 Å². The molecule has 2 nitrogen and oxygen atoms in total. The lowest BCUT2D eigenvalue weighted by atomic mass is 9.76. The molecule has 0 radical (unpaired) electrons. The lowest BCUT2D eigenvalue weighted by Gasteiger charge is -2.36. The quantitative estimate of drug-likeness (QED) is 0.796. The Morgan fingerprint density at radius 2 is 2.00 bits per heavy atom. The maximum Gasteiger partial charge on any atom is 0.123 e. The van der Waals surface area contributed by atoms with Crippen LogP contribution in [-0.4, -0.2) is 11.2 Å². The van der Waals surface area contributed by atoms with Crippen LogP contribution in [0.1, 0.15) is 31.2 Å². The number of hydrogen-bond acceptors (Lipinski definition) is 2. The Kier molecular flexibility index (Phi) is 3.19. The Labute approximate surface area is 99.2 Å². The van der Waals surface area contributed by atoms with Crippen LogP contribution < -0.4 is 5.73 Å². The van der Waals surface area contributed by atoms with Crippen LogP contribution in [0.4, 0.5) is 4.39 Å². The van der Waals surface area contributed by atoms with Crippen LogP contribution >= 0.6 is 11.6 Å². The molecule has 1 saturated carbocycles. The molecule has 16 heavy (non-hydrogen) atoms. The third kappa shape index (κ3) is 2.21. The summed E-state index contributed by atoms with van der Waals surface area (Å²) in [6, 6.07) is 4.26. The molecule has 1 aliphatic carbocycles. The number of nitrogens with two attached hydrogens (primary N) is 1. The number of hydrogen-bond donors (Lipinski definition) is 2. The van der Waals surface area contributed by atoms with Crippen LogP contribution in [0.15, 0.2) is 18.2 Å². The number of aliphatic hydroxyl groups is 1.